The van der Waals surface area contributed by atoms with Crippen LogP contribution in [0.4, 0.5) is 4.79 Å². The van der Waals surface area contributed by atoms with Gasteiger partial charge in [0.15, 0.2) is 0 Å². The van der Waals surface area contributed by atoms with Crippen molar-refractivity contribution < 1.29 is 19.1 Å². The van der Waals surface area contributed by atoms with Gasteiger partial charge in [-0.25, -0.2) is 9.69 Å². The van der Waals surface area contributed by atoms with Crippen LogP contribution in [0.15, 0.2) is 60.7 Å². The Hall–Kier alpha value is -2.66. The Morgan fingerprint density at radius 2 is 1.67 bits per heavy atom. The van der Waals surface area contributed by atoms with Gasteiger partial charge in [0.25, 0.3) is 0 Å². The second kappa shape index (κ2) is 10.9. The van der Waals surface area contributed by atoms with Gasteiger partial charge in [0.05, 0.1) is 12.6 Å². The lowest BCUT2D eigenvalue weighted by atomic mass is 9.94. The topological polar surface area (TPSA) is 55.8 Å². The first kappa shape index (κ1) is 22.0. The zero-order valence-electron chi connectivity index (χ0n) is 17.8. The quantitative estimate of drug-likeness (QED) is 0.563. The summed E-state index contributed by atoms with van der Waals surface area (Å²) in [5, 5.41) is 0. The van der Waals surface area contributed by atoms with Crippen LogP contribution < -0.4 is 0 Å². The fourth-order valence-electron chi connectivity index (χ4n) is 3.99. The molecule has 2 aromatic carbocycles. The predicted octanol–water partition coefficient (Wildman–Crippen LogP) is 4.85. The fourth-order valence-corrected chi connectivity index (χ4v) is 3.99. The number of carbonyl (C=O) groups is 2. The molecule has 1 saturated heterocycles. The molecule has 1 fully saturated rings. The molecule has 0 unspecified atom stereocenters. The zero-order chi connectivity index (χ0) is 21.3. The lowest BCUT2D eigenvalue weighted by Gasteiger charge is -2.22. The summed E-state index contributed by atoms with van der Waals surface area (Å²) < 4.78 is 11.0. The van der Waals surface area contributed by atoms with E-state index >= 15 is 0 Å². The molecule has 3 rings (SSSR count). The molecule has 1 aliphatic rings. The minimum Gasteiger partial charge on any atom is -0.447 e. The van der Waals surface area contributed by atoms with E-state index in [0.29, 0.717) is 32.0 Å². The first-order valence-electron chi connectivity index (χ1n) is 10.7. The maximum atomic E-state index is 12.8. The lowest BCUT2D eigenvalue weighted by molar-refractivity contribution is -0.130. The summed E-state index contributed by atoms with van der Waals surface area (Å²) in [5.74, 6) is 0.351. The predicted molar refractivity (Wildman–Crippen MR) is 116 cm³/mol. The van der Waals surface area contributed by atoms with Gasteiger partial charge in [-0.1, -0.05) is 74.5 Å². The molecule has 5 nitrogen and oxygen atoms in total. The van der Waals surface area contributed by atoms with Crippen LogP contribution >= 0.6 is 0 Å². The van der Waals surface area contributed by atoms with Crippen molar-refractivity contribution in [1.29, 1.82) is 0 Å². The Morgan fingerprint density at radius 1 is 1.03 bits per heavy atom. The third-order valence-electron chi connectivity index (χ3n) is 5.39. The van der Waals surface area contributed by atoms with Crippen molar-refractivity contribution in [2.24, 2.45) is 11.8 Å². The summed E-state index contributed by atoms with van der Waals surface area (Å²) in [4.78, 5) is 26.3. The number of nitrogens with zero attached hydrogens (tertiary/aromatic N) is 1. The molecule has 0 aromatic heterocycles. The fraction of sp³-hybridized carbons (Fsp3) is 0.440. The number of ether oxygens (including phenoxy) is 2. The number of hydrogen-bond acceptors (Lipinski definition) is 4. The Kier molecular flexibility index (Phi) is 8.03. The van der Waals surface area contributed by atoms with E-state index in [2.05, 4.69) is 13.8 Å². The highest BCUT2D eigenvalue weighted by molar-refractivity contribution is 5.93. The molecule has 3 atom stereocenters. The largest absolute Gasteiger partial charge is 0.447 e. The maximum absolute atomic E-state index is 12.8. The first-order chi connectivity index (χ1) is 14.5. The molecular weight excluding hydrogens is 378 g/mol. The summed E-state index contributed by atoms with van der Waals surface area (Å²) in [5.41, 5.74) is 2.25. The van der Waals surface area contributed by atoms with Gasteiger partial charge in [-0.15, -0.1) is 0 Å². The molecule has 5 heteroatoms. The summed E-state index contributed by atoms with van der Waals surface area (Å²) in [7, 11) is 0. The van der Waals surface area contributed by atoms with Crippen LogP contribution in [-0.4, -0.2) is 36.2 Å². The number of hydrogen-bond donors (Lipinski definition) is 0. The van der Waals surface area contributed by atoms with E-state index in [4.69, 9.17) is 9.47 Å². The van der Waals surface area contributed by atoms with E-state index in [1.165, 1.54) is 4.90 Å². The van der Waals surface area contributed by atoms with E-state index in [-0.39, 0.29) is 24.5 Å². The Balaban J connectivity index is 1.44. The Labute approximate surface area is 179 Å². The van der Waals surface area contributed by atoms with E-state index < -0.39 is 6.09 Å². The summed E-state index contributed by atoms with van der Waals surface area (Å²) >= 11 is 0. The van der Waals surface area contributed by atoms with Crippen LogP contribution in [-0.2, 0) is 27.3 Å². The van der Waals surface area contributed by atoms with Gasteiger partial charge < -0.3 is 9.47 Å². The van der Waals surface area contributed by atoms with Crippen molar-refractivity contribution in [3.8, 4) is 0 Å². The summed E-state index contributed by atoms with van der Waals surface area (Å²) in [6, 6.07) is 19.8. The molecule has 0 aliphatic carbocycles. The molecular formula is C25H31NO4. The van der Waals surface area contributed by atoms with Gasteiger partial charge in [-0.3, -0.25) is 4.79 Å². The van der Waals surface area contributed by atoms with Crippen molar-refractivity contribution in [2.45, 2.75) is 45.8 Å². The number of amides is 2. The van der Waals surface area contributed by atoms with Gasteiger partial charge in [0.2, 0.25) is 5.91 Å². The minimum absolute atomic E-state index is 0.150. The standard InChI is InChI=1S/C25H31NO4/c1-19(13-20(2)16-29-17-22-11-7-4-8-12-22)14-24(27)26-23(18-30-25(26)28)15-21-9-5-3-6-10-21/h3-12,19-20,23H,13-18H2,1-2H3/t19-,20+,23+/m1/s1. The smallest absolute Gasteiger partial charge is 0.416 e. The lowest BCUT2D eigenvalue weighted by Crippen LogP contribution is -2.40. The van der Waals surface area contributed by atoms with Crippen molar-refractivity contribution in [2.75, 3.05) is 13.2 Å². The van der Waals surface area contributed by atoms with Crippen LogP contribution in [0.25, 0.3) is 0 Å². The van der Waals surface area contributed by atoms with Gasteiger partial charge in [-0.2, -0.15) is 0 Å². The SMILES string of the molecule is C[C@H](COCc1ccccc1)C[C@@H](C)CC(=O)N1C(=O)OC[C@@H]1Cc1ccccc1. The van der Waals surface area contributed by atoms with Gasteiger partial charge in [0, 0.05) is 13.0 Å². The average Bonchev–Trinajstić information content (AvgIpc) is 3.09. The second-order valence-corrected chi connectivity index (χ2v) is 8.34. The molecule has 2 amide bonds. The van der Waals surface area contributed by atoms with Crippen molar-refractivity contribution >= 4 is 12.0 Å². The van der Waals surface area contributed by atoms with Gasteiger partial charge >= 0.3 is 6.09 Å². The van der Waals surface area contributed by atoms with Crippen molar-refractivity contribution in [3.63, 3.8) is 0 Å². The van der Waals surface area contributed by atoms with Gasteiger partial charge in [-0.05, 0) is 35.8 Å². The monoisotopic (exact) mass is 409 g/mol. The normalized spacial score (nSPS) is 18.1. The molecule has 0 N–H and O–H groups in total. The van der Waals surface area contributed by atoms with E-state index in [1.807, 2.05) is 60.7 Å². The minimum atomic E-state index is -0.521. The average molecular weight is 410 g/mol. The summed E-state index contributed by atoms with van der Waals surface area (Å²) in [6.07, 6.45) is 1.31. The highest BCUT2D eigenvalue weighted by Crippen LogP contribution is 2.22. The van der Waals surface area contributed by atoms with Crippen molar-refractivity contribution in [3.05, 3.63) is 71.8 Å². The molecule has 30 heavy (non-hydrogen) atoms. The number of carbonyl (C=O) groups excluding carboxylic acids is 2. The Bertz CT molecular complexity index is 808. The van der Waals surface area contributed by atoms with Gasteiger partial charge in [0.1, 0.15) is 6.61 Å². The third kappa shape index (κ3) is 6.42. The molecule has 0 radical (unpaired) electrons. The number of benzene rings is 2. The van der Waals surface area contributed by atoms with E-state index in [9.17, 15) is 9.59 Å². The van der Waals surface area contributed by atoms with Crippen LogP contribution in [0.1, 0.15) is 37.8 Å². The highest BCUT2D eigenvalue weighted by atomic mass is 16.6. The van der Waals surface area contributed by atoms with E-state index in [1.54, 1.807) is 0 Å². The van der Waals surface area contributed by atoms with Crippen LogP contribution in [0.2, 0.25) is 0 Å². The second-order valence-electron chi connectivity index (χ2n) is 8.34. The Morgan fingerprint density at radius 3 is 2.33 bits per heavy atom. The third-order valence-corrected chi connectivity index (χ3v) is 5.39. The molecule has 160 valence electrons. The van der Waals surface area contributed by atoms with Crippen LogP contribution in [0, 0.1) is 11.8 Å². The molecule has 0 spiro atoms. The zero-order valence-corrected chi connectivity index (χ0v) is 17.8. The highest BCUT2D eigenvalue weighted by Gasteiger charge is 2.38. The first-order valence-corrected chi connectivity index (χ1v) is 10.7. The van der Waals surface area contributed by atoms with Crippen LogP contribution in [0.3, 0.4) is 0 Å². The maximum Gasteiger partial charge on any atom is 0.416 e. The van der Waals surface area contributed by atoms with E-state index in [0.717, 1.165) is 17.5 Å². The number of imide groups is 1. The molecule has 2 aromatic rings. The number of rotatable bonds is 10. The van der Waals surface area contributed by atoms with Crippen molar-refractivity contribution in [1.82, 2.24) is 4.90 Å². The molecule has 1 heterocycles. The summed E-state index contributed by atoms with van der Waals surface area (Å²) in [6.45, 7) is 5.69. The molecule has 0 bridgehead atoms. The molecule has 0 saturated carbocycles. The van der Waals surface area contributed by atoms with Crippen LogP contribution in [0.5, 0.6) is 0 Å². The number of cyclic esters (lactones) is 1. The molecule has 1 aliphatic heterocycles.